The standard InChI is InChI=1S/C24H26N2O/c1-17-12-19(10-11-20(17)15-25)24(27)21-13-22-8-5-9-23(14-21)26(22)16-18-6-3-2-4-7-18/h2-4,6-7,10-12,21-23H,5,8-9,13-14,16H2,1H3. The van der Waals surface area contributed by atoms with Gasteiger partial charge in [-0.2, -0.15) is 5.26 Å². The van der Waals surface area contributed by atoms with Crippen LogP contribution in [0.3, 0.4) is 0 Å². The lowest BCUT2D eigenvalue weighted by Gasteiger charge is -2.48. The van der Waals surface area contributed by atoms with Crippen LogP contribution >= 0.6 is 0 Å². The van der Waals surface area contributed by atoms with E-state index in [4.69, 9.17) is 5.26 Å². The molecule has 3 nitrogen and oxygen atoms in total. The molecular weight excluding hydrogens is 332 g/mol. The lowest BCUT2D eigenvalue weighted by Crippen LogP contribution is -2.52. The maximum Gasteiger partial charge on any atom is 0.166 e. The van der Waals surface area contributed by atoms with Gasteiger partial charge in [0.1, 0.15) is 0 Å². The minimum absolute atomic E-state index is 0.111. The van der Waals surface area contributed by atoms with E-state index in [-0.39, 0.29) is 11.7 Å². The van der Waals surface area contributed by atoms with Gasteiger partial charge in [0.05, 0.1) is 11.6 Å². The van der Waals surface area contributed by atoms with Gasteiger partial charge in [-0.15, -0.1) is 0 Å². The molecule has 0 N–H and O–H groups in total. The van der Waals surface area contributed by atoms with Gasteiger partial charge in [-0.05, 0) is 55.9 Å². The Morgan fingerprint density at radius 1 is 1.11 bits per heavy atom. The second-order valence-corrected chi connectivity index (χ2v) is 8.07. The van der Waals surface area contributed by atoms with Crippen LogP contribution in [0.2, 0.25) is 0 Å². The molecule has 2 unspecified atom stereocenters. The predicted octanol–water partition coefficient (Wildman–Crippen LogP) is 4.88. The highest BCUT2D eigenvalue weighted by Gasteiger charge is 2.40. The largest absolute Gasteiger partial charge is 0.294 e. The van der Waals surface area contributed by atoms with E-state index in [1.54, 1.807) is 6.07 Å². The number of nitriles is 1. The van der Waals surface area contributed by atoms with Gasteiger partial charge in [-0.1, -0.05) is 42.8 Å². The Balaban J connectivity index is 1.50. The first-order chi connectivity index (χ1) is 13.2. The van der Waals surface area contributed by atoms with Crippen LogP contribution in [-0.4, -0.2) is 22.8 Å². The van der Waals surface area contributed by atoms with Crippen LogP contribution in [-0.2, 0) is 6.54 Å². The highest BCUT2D eigenvalue weighted by molar-refractivity contribution is 5.98. The van der Waals surface area contributed by atoms with E-state index in [0.29, 0.717) is 17.6 Å². The zero-order chi connectivity index (χ0) is 18.8. The first kappa shape index (κ1) is 17.9. The Labute approximate surface area is 161 Å². The maximum atomic E-state index is 13.1. The van der Waals surface area contributed by atoms with E-state index in [9.17, 15) is 4.79 Å². The first-order valence-electron chi connectivity index (χ1n) is 10.0. The normalized spacial score (nSPS) is 25.0. The fourth-order valence-electron chi connectivity index (χ4n) is 4.92. The Morgan fingerprint density at radius 2 is 1.81 bits per heavy atom. The van der Waals surface area contributed by atoms with E-state index >= 15 is 0 Å². The smallest absolute Gasteiger partial charge is 0.166 e. The Morgan fingerprint density at radius 3 is 2.44 bits per heavy atom. The van der Waals surface area contributed by atoms with E-state index < -0.39 is 0 Å². The van der Waals surface area contributed by atoms with E-state index in [1.165, 1.54) is 24.8 Å². The number of carbonyl (C=O) groups excluding carboxylic acids is 1. The topological polar surface area (TPSA) is 44.1 Å². The average molecular weight is 358 g/mol. The summed E-state index contributed by atoms with van der Waals surface area (Å²) in [7, 11) is 0. The number of hydrogen-bond donors (Lipinski definition) is 0. The number of fused-ring (bicyclic) bond motifs is 2. The van der Waals surface area contributed by atoms with Crippen molar-refractivity contribution in [3.05, 3.63) is 70.8 Å². The number of Topliss-reactive ketones (excluding diaryl/α,β-unsaturated/α-hetero) is 1. The number of aryl methyl sites for hydroxylation is 1. The molecule has 0 saturated carbocycles. The van der Waals surface area contributed by atoms with Gasteiger partial charge < -0.3 is 0 Å². The van der Waals surface area contributed by atoms with E-state index in [1.807, 2.05) is 19.1 Å². The number of benzene rings is 2. The van der Waals surface area contributed by atoms with Gasteiger partial charge >= 0.3 is 0 Å². The summed E-state index contributed by atoms with van der Waals surface area (Å²) in [5.74, 6) is 0.374. The van der Waals surface area contributed by atoms with Crippen molar-refractivity contribution in [3.8, 4) is 6.07 Å². The molecule has 2 heterocycles. The number of nitrogens with zero attached hydrogens (tertiary/aromatic N) is 2. The van der Waals surface area contributed by atoms with Crippen LogP contribution in [0.5, 0.6) is 0 Å². The fraction of sp³-hybridized carbons (Fsp3) is 0.417. The lowest BCUT2D eigenvalue weighted by atomic mass is 9.75. The third-order valence-corrected chi connectivity index (χ3v) is 6.34. The van der Waals surface area contributed by atoms with E-state index in [2.05, 4.69) is 41.3 Å². The van der Waals surface area contributed by atoms with Crippen molar-refractivity contribution in [2.75, 3.05) is 0 Å². The summed E-state index contributed by atoms with van der Waals surface area (Å²) in [5.41, 5.74) is 3.68. The number of rotatable bonds is 4. The number of ketones is 1. The molecule has 138 valence electrons. The maximum absolute atomic E-state index is 13.1. The second-order valence-electron chi connectivity index (χ2n) is 8.07. The number of piperidine rings is 2. The summed E-state index contributed by atoms with van der Waals surface area (Å²) in [5, 5.41) is 9.12. The van der Waals surface area contributed by atoms with Crippen molar-refractivity contribution < 1.29 is 4.79 Å². The van der Waals surface area contributed by atoms with Crippen LogP contribution in [0.25, 0.3) is 0 Å². The van der Waals surface area contributed by atoms with Crippen LogP contribution in [0.15, 0.2) is 48.5 Å². The van der Waals surface area contributed by atoms with E-state index in [0.717, 1.165) is 30.5 Å². The SMILES string of the molecule is Cc1cc(C(=O)C2CC3CCCC(C2)N3Cc2ccccc2)ccc1C#N. The molecule has 2 aromatic carbocycles. The molecule has 2 aromatic rings. The summed E-state index contributed by atoms with van der Waals surface area (Å²) >= 11 is 0. The summed E-state index contributed by atoms with van der Waals surface area (Å²) in [4.78, 5) is 15.8. The molecule has 0 aliphatic carbocycles. The zero-order valence-corrected chi connectivity index (χ0v) is 15.9. The summed E-state index contributed by atoms with van der Waals surface area (Å²) in [6.45, 7) is 2.90. The van der Waals surface area contributed by atoms with Gasteiger partial charge in [0, 0.05) is 30.1 Å². The number of carbonyl (C=O) groups is 1. The van der Waals surface area contributed by atoms with Crippen molar-refractivity contribution in [3.63, 3.8) is 0 Å². The van der Waals surface area contributed by atoms with Crippen molar-refractivity contribution in [1.29, 1.82) is 5.26 Å². The molecule has 2 bridgehead atoms. The molecule has 2 aliphatic heterocycles. The summed E-state index contributed by atoms with van der Waals surface area (Å²) in [6.07, 6.45) is 5.58. The molecule has 0 amide bonds. The highest BCUT2D eigenvalue weighted by atomic mass is 16.1. The molecule has 3 heteroatoms. The quantitative estimate of drug-likeness (QED) is 0.732. The van der Waals surface area contributed by atoms with Gasteiger partial charge in [-0.25, -0.2) is 0 Å². The van der Waals surface area contributed by atoms with Crippen LogP contribution in [0.4, 0.5) is 0 Å². The minimum atomic E-state index is 0.111. The van der Waals surface area contributed by atoms with Crippen molar-refractivity contribution in [2.24, 2.45) is 5.92 Å². The first-order valence-corrected chi connectivity index (χ1v) is 10.0. The van der Waals surface area contributed by atoms with Crippen molar-refractivity contribution >= 4 is 5.78 Å². The summed E-state index contributed by atoms with van der Waals surface area (Å²) in [6, 6.07) is 19.4. The molecular formula is C24H26N2O. The zero-order valence-electron chi connectivity index (χ0n) is 15.9. The van der Waals surface area contributed by atoms with Gasteiger partial charge in [-0.3, -0.25) is 9.69 Å². The molecule has 2 atom stereocenters. The van der Waals surface area contributed by atoms with Gasteiger partial charge in [0.15, 0.2) is 5.78 Å². The van der Waals surface area contributed by atoms with Gasteiger partial charge in [0.25, 0.3) is 0 Å². The van der Waals surface area contributed by atoms with Gasteiger partial charge in [0.2, 0.25) is 0 Å². The molecule has 27 heavy (non-hydrogen) atoms. The number of hydrogen-bond acceptors (Lipinski definition) is 3. The van der Waals surface area contributed by atoms with Crippen molar-refractivity contribution in [1.82, 2.24) is 4.90 Å². The Kier molecular flexibility index (Phi) is 5.09. The lowest BCUT2D eigenvalue weighted by molar-refractivity contribution is 0.00906. The highest BCUT2D eigenvalue weighted by Crippen LogP contribution is 2.39. The second kappa shape index (κ2) is 7.66. The Hall–Kier alpha value is -2.44. The average Bonchev–Trinajstić information content (AvgIpc) is 2.68. The predicted molar refractivity (Wildman–Crippen MR) is 106 cm³/mol. The third-order valence-electron chi connectivity index (χ3n) is 6.34. The molecule has 0 spiro atoms. The molecule has 2 aliphatic rings. The molecule has 2 saturated heterocycles. The molecule has 4 rings (SSSR count). The minimum Gasteiger partial charge on any atom is -0.294 e. The van der Waals surface area contributed by atoms with Crippen LogP contribution in [0.1, 0.15) is 59.2 Å². The molecule has 0 aromatic heterocycles. The summed E-state index contributed by atoms with van der Waals surface area (Å²) < 4.78 is 0. The molecule has 0 radical (unpaired) electrons. The monoisotopic (exact) mass is 358 g/mol. The molecule has 2 fully saturated rings. The van der Waals surface area contributed by atoms with Crippen LogP contribution < -0.4 is 0 Å². The Bertz CT molecular complexity index is 854. The third kappa shape index (κ3) is 3.68. The van der Waals surface area contributed by atoms with Crippen molar-refractivity contribution in [2.45, 2.75) is 57.7 Å². The fourth-order valence-corrected chi connectivity index (χ4v) is 4.92. The van der Waals surface area contributed by atoms with Crippen LogP contribution in [0, 0.1) is 24.2 Å².